The average Bonchev–Trinajstić information content (AvgIpc) is 2.37. The minimum absolute atomic E-state index is 0.0132. The quantitative estimate of drug-likeness (QED) is 0.886. The first-order chi connectivity index (χ1) is 9.40. The van der Waals surface area contributed by atoms with E-state index in [2.05, 4.69) is 40.4 Å². The standard InChI is InChI=1S/C16H23BrN2O/c1-11(12-6-4-7-13(17)10-12)19-15(20)14-16(2,3)8-5-9-18-14/h4,6-7,10-11,14,18H,5,8-9H2,1-3H3,(H,19,20)/t11-,14?/m0/s1. The summed E-state index contributed by atoms with van der Waals surface area (Å²) >= 11 is 3.47. The normalized spacial score (nSPS) is 23.1. The molecular weight excluding hydrogens is 316 g/mol. The fraction of sp³-hybridized carbons (Fsp3) is 0.562. The third-order valence-corrected chi connectivity index (χ3v) is 4.59. The highest BCUT2D eigenvalue weighted by molar-refractivity contribution is 9.10. The summed E-state index contributed by atoms with van der Waals surface area (Å²) < 4.78 is 1.03. The van der Waals surface area contributed by atoms with Crippen LogP contribution in [-0.4, -0.2) is 18.5 Å². The van der Waals surface area contributed by atoms with E-state index in [0.717, 1.165) is 29.4 Å². The lowest BCUT2D eigenvalue weighted by atomic mass is 9.77. The second kappa shape index (κ2) is 6.27. The fourth-order valence-corrected chi connectivity index (χ4v) is 3.23. The summed E-state index contributed by atoms with van der Waals surface area (Å²) in [6, 6.07) is 7.97. The third-order valence-electron chi connectivity index (χ3n) is 4.10. The van der Waals surface area contributed by atoms with Crippen LogP contribution in [0.25, 0.3) is 0 Å². The van der Waals surface area contributed by atoms with Crippen molar-refractivity contribution in [2.45, 2.75) is 45.7 Å². The Morgan fingerprint density at radius 2 is 2.25 bits per heavy atom. The maximum atomic E-state index is 12.5. The molecule has 1 fully saturated rings. The van der Waals surface area contributed by atoms with Crippen molar-refractivity contribution in [3.05, 3.63) is 34.3 Å². The van der Waals surface area contributed by atoms with E-state index in [4.69, 9.17) is 0 Å². The number of carbonyl (C=O) groups is 1. The highest BCUT2D eigenvalue weighted by Gasteiger charge is 2.37. The molecule has 0 saturated carbocycles. The number of halogens is 1. The maximum absolute atomic E-state index is 12.5. The SMILES string of the molecule is C[C@H](NC(=O)C1NCCCC1(C)C)c1cccc(Br)c1. The minimum atomic E-state index is -0.106. The van der Waals surface area contributed by atoms with Crippen molar-refractivity contribution in [1.82, 2.24) is 10.6 Å². The average molecular weight is 339 g/mol. The van der Waals surface area contributed by atoms with Crippen molar-refractivity contribution in [2.75, 3.05) is 6.54 Å². The van der Waals surface area contributed by atoms with Gasteiger partial charge in [0.2, 0.25) is 5.91 Å². The van der Waals surface area contributed by atoms with Crippen molar-refractivity contribution in [3.8, 4) is 0 Å². The van der Waals surface area contributed by atoms with E-state index in [1.54, 1.807) is 0 Å². The van der Waals surface area contributed by atoms with Crippen molar-refractivity contribution < 1.29 is 4.79 Å². The van der Waals surface area contributed by atoms with E-state index < -0.39 is 0 Å². The van der Waals surface area contributed by atoms with Gasteiger partial charge in [0.05, 0.1) is 12.1 Å². The van der Waals surface area contributed by atoms with Crippen LogP contribution >= 0.6 is 15.9 Å². The molecule has 4 heteroatoms. The first-order valence-corrected chi connectivity index (χ1v) is 7.99. The summed E-state index contributed by atoms with van der Waals surface area (Å²) in [6.07, 6.45) is 2.22. The van der Waals surface area contributed by atoms with Crippen LogP contribution in [0.3, 0.4) is 0 Å². The summed E-state index contributed by atoms with van der Waals surface area (Å²) in [5.41, 5.74) is 1.13. The van der Waals surface area contributed by atoms with E-state index in [-0.39, 0.29) is 23.4 Å². The van der Waals surface area contributed by atoms with E-state index in [9.17, 15) is 4.79 Å². The summed E-state index contributed by atoms with van der Waals surface area (Å²) in [6.45, 7) is 7.27. The molecule has 2 atom stereocenters. The minimum Gasteiger partial charge on any atom is -0.348 e. The molecule has 1 heterocycles. The zero-order chi connectivity index (χ0) is 14.8. The van der Waals surface area contributed by atoms with Crippen LogP contribution in [0.2, 0.25) is 0 Å². The molecule has 0 aliphatic carbocycles. The van der Waals surface area contributed by atoms with Gasteiger partial charge in [0.15, 0.2) is 0 Å². The van der Waals surface area contributed by atoms with E-state index in [0.29, 0.717) is 0 Å². The molecule has 1 unspecified atom stereocenters. The molecule has 1 aromatic carbocycles. The number of piperidine rings is 1. The van der Waals surface area contributed by atoms with Crippen molar-refractivity contribution >= 4 is 21.8 Å². The van der Waals surface area contributed by atoms with Crippen LogP contribution in [0.1, 0.15) is 45.2 Å². The van der Waals surface area contributed by atoms with Gasteiger partial charge in [-0.1, -0.05) is 41.9 Å². The lowest BCUT2D eigenvalue weighted by Gasteiger charge is -2.38. The van der Waals surface area contributed by atoms with Crippen LogP contribution in [0.4, 0.5) is 0 Å². The van der Waals surface area contributed by atoms with Crippen LogP contribution in [0.15, 0.2) is 28.7 Å². The second-order valence-corrected chi connectivity index (χ2v) is 7.18. The Labute approximate surface area is 129 Å². The Kier molecular flexibility index (Phi) is 4.86. The van der Waals surface area contributed by atoms with Crippen LogP contribution < -0.4 is 10.6 Å². The number of rotatable bonds is 3. The maximum Gasteiger partial charge on any atom is 0.238 e. The molecule has 1 saturated heterocycles. The Balaban J connectivity index is 2.03. The van der Waals surface area contributed by atoms with Gasteiger partial charge in [-0.05, 0) is 49.4 Å². The van der Waals surface area contributed by atoms with Gasteiger partial charge in [-0.25, -0.2) is 0 Å². The van der Waals surface area contributed by atoms with E-state index in [1.165, 1.54) is 0 Å². The van der Waals surface area contributed by atoms with Gasteiger partial charge in [0.1, 0.15) is 0 Å². The van der Waals surface area contributed by atoms with Crippen molar-refractivity contribution in [1.29, 1.82) is 0 Å². The molecule has 1 aliphatic rings. The molecule has 1 amide bonds. The van der Waals surface area contributed by atoms with E-state index >= 15 is 0 Å². The number of hydrogen-bond acceptors (Lipinski definition) is 2. The largest absolute Gasteiger partial charge is 0.348 e. The molecule has 0 radical (unpaired) electrons. The Morgan fingerprint density at radius 1 is 1.50 bits per heavy atom. The molecule has 1 aliphatic heterocycles. The Bertz CT molecular complexity index is 487. The highest BCUT2D eigenvalue weighted by Crippen LogP contribution is 2.30. The van der Waals surface area contributed by atoms with Crippen molar-refractivity contribution in [3.63, 3.8) is 0 Å². The Hall–Kier alpha value is -0.870. The zero-order valence-corrected chi connectivity index (χ0v) is 14.0. The molecule has 2 rings (SSSR count). The molecular formula is C16H23BrN2O. The monoisotopic (exact) mass is 338 g/mol. The first kappa shape index (κ1) is 15.5. The van der Waals surface area contributed by atoms with Gasteiger partial charge >= 0.3 is 0 Å². The van der Waals surface area contributed by atoms with Crippen LogP contribution in [-0.2, 0) is 4.79 Å². The first-order valence-electron chi connectivity index (χ1n) is 7.19. The van der Waals surface area contributed by atoms with E-state index in [1.807, 2.05) is 31.2 Å². The molecule has 2 N–H and O–H groups in total. The number of hydrogen-bond donors (Lipinski definition) is 2. The van der Waals surface area contributed by atoms with Crippen molar-refractivity contribution in [2.24, 2.45) is 5.41 Å². The number of benzene rings is 1. The molecule has 0 spiro atoms. The Morgan fingerprint density at radius 3 is 2.90 bits per heavy atom. The molecule has 110 valence electrons. The summed E-state index contributed by atoms with van der Waals surface area (Å²) in [5.74, 6) is 0.0992. The van der Waals surface area contributed by atoms with Gasteiger partial charge in [-0.2, -0.15) is 0 Å². The summed E-state index contributed by atoms with van der Waals surface area (Å²) in [4.78, 5) is 12.5. The molecule has 0 bridgehead atoms. The molecule has 3 nitrogen and oxygen atoms in total. The fourth-order valence-electron chi connectivity index (χ4n) is 2.81. The summed E-state index contributed by atoms with van der Waals surface area (Å²) in [7, 11) is 0. The van der Waals surface area contributed by atoms with Gasteiger partial charge in [0, 0.05) is 4.47 Å². The predicted octanol–water partition coefficient (Wildman–Crippen LogP) is 3.40. The van der Waals surface area contributed by atoms with Gasteiger partial charge < -0.3 is 10.6 Å². The lowest BCUT2D eigenvalue weighted by Crippen LogP contribution is -2.55. The smallest absolute Gasteiger partial charge is 0.238 e. The third kappa shape index (κ3) is 3.61. The predicted molar refractivity (Wildman–Crippen MR) is 85.5 cm³/mol. The molecule has 20 heavy (non-hydrogen) atoms. The van der Waals surface area contributed by atoms with Gasteiger partial charge in [-0.3, -0.25) is 4.79 Å². The van der Waals surface area contributed by atoms with Crippen LogP contribution in [0.5, 0.6) is 0 Å². The van der Waals surface area contributed by atoms with Crippen LogP contribution in [0, 0.1) is 5.41 Å². The number of carbonyl (C=O) groups excluding carboxylic acids is 1. The van der Waals surface area contributed by atoms with Gasteiger partial charge in [0.25, 0.3) is 0 Å². The lowest BCUT2D eigenvalue weighted by molar-refractivity contribution is -0.127. The number of nitrogens with one attached hydrogen (secondary N) is 2. The topological polar surface area (TPSA) is 41.1 Å². The molecule has 0 aromatic heterocycles. The number of amides is 1. The van der Waals surface area contributed by atoms with Gasteiger partial charge in [-0.15, -0.1) is 0 Å². The summed E-state index contributed by atoms with van der Waals surface area (Å²) in [5, 5.41) is 6.48. The second-order valence-electron chi connectivity index (χ2n) is 6.26. The molecule has 1 aromatic rings. The highest BCUT2D eigenvalue weighted by atomic mass is 79.9. The zero-order valence-electron chi connectivity index (χ0n) is 12.4.